The van der Waals surface area contributed by atoms with E-state index in [-0.39, 0.29) is 0 Å². The van der Waals surface area contributed by atoms with Gasteiger partial charge in [0.1, 0.15) is 0 Å². The smallest absolute Gasteiger partial charge is 0.0969 e. The topological polar surface area (TPSA) is 38.9 Å². The highest BCUT2D eigenvalue weighted by Crippen LogP contribution is 2.36. The molecule has 1 heterocycles. The van der Waals surface area contributed by atoms with E-state index in [1.807, 2.05) is 11.3 Å². The van der Waals surface area contributed by atoms with Crippen LogP contribution in [0.2, 0.25) is 0 Å². The standard InChI is InChI=1S/C16H20N2S/c1-2-5-14-15(10-17)19-16(18-14)13-8-11-6-3-4-7-12(11)9-13/h3-4,6-7,13H,2,5,8-10,17H2,1H3. The van der Waals surface area contributed by atoms with Crippen LogP contribution in [0.25, 0.3) is 0 Å². The van der Waals surface area contributed by atoms with Gasteiger partial charge in [0.15, 0.2) is 0 Å². The highest BCUT2D eigenvalue weighted by molar-refractivity contribution is 7.11. The van der Waals surface area contributed by atoms with Gasteiger partial charge < -0.3 is 5.73 Å². The van der Waals surface area contributed by atoms with E-state index in [0.29, 0.717) is 12.5 Å². The Balaban J connectivity index is 1.85. The molecule has 3 rings (SSSR count). The van der Waals surface area contributed by atoms with E-state index in [1.165, 1.54) is 26.7 Å². The molecule has 0 fully saturated rings. The van der Waals surface area contributed by atoms with Crippen molar-refractivity contribution in [3.8, 4) is 0 Å². The van der Waals surface area contributed by atoms with E-state index >= 15 is 0 Å². The molecule has 0 radical (unpaired) electrons. The summed E-state index contributed by atoms with van der Waals surface area (Å²) in [5.41, 5.74) is 10.1. The fourth-order valence-electron chi connectivity index (χ4n) is 2.90. The molecule has 2 N–H and O–H groups in total. The summed E-state index contributed by atoms with van der Waals surface area (Å²) < 4.78 is 0. The van der Waals surface area contributed by atoms with Gasteiger partial charge in [-0.2, -0.15) is 0 Å². The van der Waals surface area contributed by atoms with Gasteiger partial charge in [0, 0.05) is 17.3 Å². The normalized spacial score (nSPS) is 14.8. The third-order valence-corrected chi connectivity index (χ3v) is 5.15. The van der Waals surface area contributed by atoms with Gasteiger partial charge in [-0.3, -0.25) is 0 Å². The van der Waals surface area contributed by atoms with Gasteiger partial charge in [-0.15, -0.1) is 11.3 Å². The molecule has 1 aromatic carbocycles. The van der Waals surface area contributed by atoms with Crippen molar-refractivity contribution in [1.29, 1.82) is 0 Å². The Hall–Kier alpha value is -1.19. The summed E-state index contributed by atoms with van der Waals surface area (Å²) in [6, 6.07) is 8.77. The molecule has 0 bridgehead atoms. The van der Waals surface area contributed by atoms with Crippen LogP contribution in [0, 0.1) is 0 Å². The second-order valence-corrected chi connectivity index (χ2v) is 6.37. The second-order valence-electron chi connectivity index (χ2n) is 5.25. The van der Waals surface area contributed by atoms with Gasteiger partial charge in [-0.25, -0.2) is 4.98 Å². The zero-order valence-corrected chi connectivity index (χ0v) is 12.2. The number of hydrogen-bond donors (Lipinski definition) is 1. The molecule has 0 atom stereocenters. The van der Waals surface area contributed by atoms with Crippen LogP contribution in [0.1, 0.15) is 46.0 Å². The van der Waals surface area contributed by atoms with Crippen LogP contribution in [-0.4, -0.2) is 4.98 Å². The molecule has 0 aliphatic heterocycles. The number of thiazole rings is 1. The van der Waals surface area contributed by atoms with E-state index in [1.54, 1.807) is 0 Å². The summed E-state index contributed by atoms with van der Waals surface area (Å²) in [5, 5.41) is 1.29. The summed E-state index contributed by atoms with van der Waals surface area (Å²) in [5.74, 6) is 0.568. The summed E-state index contributed by atoms with van der Waals surface area (Å²) >= 11 is 1.83. The average Bonchev–Trinajstić information content (AvgIpc) is 3.02. The minimum Gasteiger partial charge on any atom is -0.326 e. The van der Waals surface area contributed by atoms with Crippen LogP contribution in [0.3, 0.4) is 0 Å². The third-order valence-electron chi connectivity index (χ3n) is 3.87. The first-order valence-electron chi connectivity index (χ1n) is 7.07. The van der Waals surface area contributed by atoms with Crippen LogP contribution in [-0.2, 0) is 25.8 Å². The van der Waals surface area contributed by atoms with Crippen LogP contribution >= 0.6 is 11.3 Å². The van der Waals surface area contributed by atoms with Crippen molar-refractivity contribution in [2.75, 3.05) is 0 Å². The molecule has 100 valence electrons. The maximum Gasteiger partial charge on any atom is 0.0969 e. The van der Waals surface area contributed by atoms with Crippen molar-refractivity contribution >= 4 is 11.3 Å². The van der Waals surface area contributed by atoms with Crippen molar-refractivity contribution in [2.45, 2.75) is 45.1 Å². The minimum absolute atomic E-state index is 0.568. The van der Waals surface area contributed by atoms with Gasteiger partial charge in [0.05, 0.1) is 10.7 Å². The van der Waals surface area contributed by atoms with Crippen LogP contribution < -0.4 is 5.73 Å². The quantitative estimate of drug-likeness (QED) is 0.926. The van der Waals surface area contributed by atoms with E-state index in [2.05, 4.69) is 31.2 Å². The van der Waals surface area contributed by atoms with Crippen LogP contribution in [0.15, 0.2) is 24.3 Å². The molecular weight excluding hydrogens is 252 g/mol. The summed E-state index contributed by atoms with van der Waals surface area (Å²) in [6.07, 6.45) is 4.47. The third kappa shape index (κ3) is 2.45. The van der Waals surface area contributed by atoms with Gasteiger partial charge in [-0.05, 0) is 30.4 Å². The fraction of sp³-hybridized carbons (Fsp3) is 0.438. The first-order valence-corrected chi connectivity index (χ1v) is 7.88. The molecule has 2 nitrogen and oxygen atoms in total. The lowest BCUT2D eigenvalue weighted by Crippen LogP contribution is -1.99. The highest BCUT2D eigenvalue weighted by atomic mass is 32.1. The molecule has 0 saturated heterocycles. The molecule has 1 aromatic heterocycles. The lowest BCUT2D eigenvalue weighted by molar-refractivity contribution is 0.725. The maximum atomic E-state index is 5.85. The maximum absolute atomic E-state index is 5.85. The fourth-order valence-corrected chi connectivity index (χ4v) is 3.99. The lowest BCUT2D eigenvalue weighted by Gasteiger charge is -2.03. The number of benzene rings is 1. The Morgan fingerprint density at radius 3 is 2.53 bits per heavy atom. The first-order chi connectivity index (χ1) is 9.31. The number of aryl methyl sites for hydroxylation is 1. The molecule has 0 amide bonds. The van der Waals surface area contributed by atoms with Crippen molar-refractivity contribution in [1.82, 2.24) is 4.98 Å². The molecule has 1 aliphatic rings. The number of rotatable bonds is 4. The molecule has 1 aliphatic carbocycles. The van der Waals surface area contributed by atoms with E-state index in [0.717, 1.165) is 25.7 Å². The molecule has 19 heavy (non-hydrogen) atoms. The van der Waals surface area contributed by atoms with Crippen molar-refractivity contribution in [3.05, 3.63) is 51.0 Å². The summed E-state index contributed by atoms with van der Waals surface area (Å²) in [7, 11) is 0. The Labute approximate surface area is 118 Å². The van der Waals surface area contributed by atoms with E-state index in [9.17, 15) is 0 Å². The van der Waals surface area contributed by atoms with Gasteiger partial charge in [0.2, 0.25) is 0 Å². The number of aromatic nitrogens is 1. The SMILES string of the molecule is CCCc1nc(C2Cc3ccccc3C2)sc1CN. The molecule has 0 saturated carbocycles. The van der Waals surface area contributed by atoms with Crippen LogP contribution in [0.4, 0.5) is 0 Å². The number of hydrogen-bond acceptors (Lipinski definition) is 3. The van der Waals surface area contributed by atoms with Gasteiger partial charge >= 0.3 is 0 Å². The molecule has 2 aromatic rings. The monoisotopic (exact) mass is 272 g/mol. The predicted molar refractivity (Wildman–Crippen MR) is 80.6 cm³/mol. The van der Waals surface area contributed by atoms with E-state index in [4.69, 9.17) is 10.7 Å². The predicted octanol–water partition coefficient (Wildman–Crippen LogP) is 3.44. The number of nitrogens with zero attached hydrogens (tertiary/aromatic N) is 1. The van der Waals surface area contributed by atoms with Crippen LogP contribution in [0.5, 0.6) is 0 Å². The molecule has 0 unspecified atom stereocenters. The Morgan fingerprint density at radius 1 is 1.26 bits per heavy atom. The number of fused-ring (bicyclic) bond motifs is 1. The Bertz CT molecular complexity index is 549. The van der Waals surface area contributed by atoms with Crippen molar-refractivity contribution < 1.29 is 0 Å². The lowest BCUT2D eigenvalue weighted by atomic mass is 10.1. The van der Waals surface area contributed by atoms with Gasteiger partial charge in [0.25, 0.3) is 0 Å². The average molecular weight is 272 g/mol. The van der Waals surface area contributed by atoms with Crippen molar-refractivity contribution in [2.24, 2.45) is 5.73 Å². The zero-order chi connectivity index (χ0) is 13.2. The largest absolute Gasteiger partial charge is 0.326 e. The summed E-state index contributed by atoms with van der Waals surface area (Å²) in [6.45, 7) is 2.83. The Kier molecular flexibility index (Phi) is 3.67. The number of nitrogens with two attached hydrogens (primary N) is 1. The first kappa shape index (κ1) is 12.8. The molecule has 0 spiro atoms. The Morgan fingerprint density at radius 2 is 1.95 bits per heavy atom. The van der Waals surface area contributed by atoms with Crippen molar-refractivity contribution in [3.63, 3.8) is 0 Å². The highest BCUT2D eigenvalue weighted by Gasteiger charge is 2.25. The van der Waals surface area contributed by atoms with E-state index < -0.39 is 0 Å². The summed E-state index contributed by atoms with van der Waals surface area (Å²) in [4.78, 5) is 6.16. The molecule has 3 heteroatoms. The zero-order valence-electron chi connectivity index (χ0n) is 11.4. The second kappa shape index (κ2) is 5.43. The molecular formula is C16H20N2S. The van der Waals surface area contributed by atoms with Gasteiger partial charge in [-0.1, -0.05) is 37.6 Å². The minimum atomic E-state index is 0.568.